The van der Waals surface area contributed by atoms with Gasteiger partial charge in [0.15, 0.2) is 0 Å². The molecule has 2 aromatic heterocycles. The molecule has 4 aromatic rings. The summed E-state index contributed by atoms with van der Waals surface area (Å²) in [6, 6.07) is 22.4. The highest BCUT2D eigenvalue weighted by molar-refractivity contribution is 5.84. The number of fused-ring (bicyclic) bond motifs is 1. The number of nitriles is 1. The van der Waals surface area contributed by atoms with Crippen molar-refractivity contribution in [2.24, 2.45) is 0 Å². The van der Waals surface area contributed by atoms with Gasteiger partial charge in [-0.25, -0.2) is 4.98 Å². The third kappa shape index (κ3) is 6.33. The summed E-state index contributed by atoms with van der Waals surface area (Å²) in [4.78, 5) is 4.91. The van der Waals surface area contributed by atoms with Gasteiger partial charge < -0.3 is 14.0 Å². The van der Waals surface area contributed by atoms with Crippen LogP contribution in [0, 0.1) is 11.3 Å². The van der Waals surface area contributed by atoms with E-state index in [1.54, 1.807) is 0 Å². The van der Waals surface area contributed by atoms with Crippen LogP contribution in [0.2, 0.25) is 0 Å². The predicted octanol–water partition coefficient (Wildman–Crippen LogP) is 7.31. The van der Waals surface area contributed by atoms with Crippen molar-refractivity contribution in [2.45, 2.75) is 65.7 Å². The molecule has 0 aliphatic rings. The summed E-state index contributed by atoms with van der Waals surface area (Å²) in [5.41, 5.74) is 6.85. The zero-order valence-electron chi connectivity index (χ0n) is 21.5. The highest BCUT2D eigenvalue weighted by atomic mass is 16.5. The second-order valence-electron chi connectivity index (χ2n) is 9.25. The van der Waals surface area contributed by atoms with E-state index in [2.05, 4.69) is 67.9 Å². The lowest BCUT2D eigenvalue weighted by molar-refractivity contribution is 0.0527. The van der Waals surface area contributed by atoms with Crippen LogP contribution in [-0.2, 0) is 24.3 Å². The van der Waals surface area contributed by atoms with Crippen molar-refractivity contribution >= 4 is 11.0 Å². The SMILES string of the molecule is CCCCCOC(C)Cn1ccc2nc(OCc3ccc(CC)cc3)c(-c3ccc(C#N)cc3)cc21. The molecule has 0 amide bonds. The fourth-order valence-corrected chi connectivity index (χ4v) is 4.28. The van der Waals surface area contributed by atoms with Gasteiger partial charge in [0.25, 0.3) is 0 Å². The maximum absolute atomic E-state index is 9.22. The lowest BCUT2D eigenvalue weighted by atomic mass is 10.0. The molecule has 5 heteroatoms. The van der Waals surface area contributed by atoms with Crippen LogP contribution < -0.4 is 4.74 Å². The summed E-state index contributed by atoms with van der Waals surface area (Å²) in [5.74, 6) is 0.591. The van der Waals surface area contributed by atoms with E-state index in [9.17, 15) is 5.26 Å². The van der Waals surface area contributed by atoms with Gasteiger partial charge in [-0.3, -0.25) is 0 Å². The number of rotatable bonds is 12. The molecule has 2 heterocycles. The number of hydrogen-bond donors (Lipinski definition) is 0. The zero-order chi connectivity index (χ0) is 25.3. The fraction of sp³-hybridized carbons (Fsp3) is 0.355. The minimum Gasteiger partial charge on any atom is -0.472 e. The Morgan fingerprint density at radius 1 is 0.972 bits per heavy atom. The lowest BCUT2D eigenvalue weighted by Crippen LogP contribution is -2.16. The number of nitrogens with zero attached hydrogens (tertiary/aromatic N) is 3. The summed E-state index contributed by atoms with van der Waals surface area (Å²) in [6.07, 6.45) is 6.68. The van der Waals surface area contributed by atoms with E-state index in [4.69, 9.17) is 14.5 Å². The second-order valence-corrected chi connectivity index (χ2v) is 9.25. The molecule has 0 aliphatic heterocycles. The van der Waals surface area contributed by atoms with Crippen LogP contribution in [0.4, 0.5) is 0 Å². The highest BCUT2D eigenvalue weighted by Gasteiger charge is 2.15. The van der Waals surface area contributed by atoms with Gasteiger partial charge in [0.2, 0.25) is 5.88 Å². The first-order valence-electron chi connectivity index (χ1n) is 12.9. The fourth-order valence-electron chi connectivity index (χ4n) is 4.28. The zero-order valence-corrected chi connectivity index (χ0v) is 21.5. The van der Waals surface area contributed by atoms with Crippen molar-refractivity contribution in [2.75, 3.05) is 6.61 Å². The van der Waals surface area contributed by atoms with E-state index in [-0.39, 0.29) is 6.10 Å². The van der Waals surface area contributed by atoms with E-state index in [1.807, 2.05) is 30.3 Å². The van der Waals surface area contributed by atoms with E-state index >= 15 is 0 Å². The van der Waals surface area contributed by atoms with E-state index in [1.165, 1.54) is 18.4 Å². The molecule has 36 heavy (non-hydrogen) atoms. The summed E-state index contributed by atoms with van der Waals surface area (Å²) in [5, 5.41) is 9.22. The number of ether oxygens (including phenoxy) is 2. The highest BCUT2D eigenvalue weighted by Crippen LogP contribution is 2.33. The van der Waals surface area contributed by atoms with E-state index in [0.29, 0.717) is 18.1 Å². The number of aromatic nitrogens is 2. The molecule has 0 spiro atoms. The van der Waals surface area contributed by atoms with Gasteiger partial charge in [-0.05, 0) is 60.7 Å². The Labute approximate surface area is 214 Å². The van der Waals surface area contributed by atoms with Crippen molar-refractivity contribution < 1.29 is 9.47 Å². The maximum Gasteiger partial charge on any atom is 0.222 e. The standard InChI is InChI=1S/C31H35N3O2/c1-4-6-7-18-35-23(3)21-34-17-16-29-30(34)19-28(27-14-12-25(20-32)13-15-27)31(33-29)36-22-26-10-8-24(5-2)9-11-26/h8-17,19,23H,4-7,18,21-22H2,1-3H3. The summed E-state index contributed by atoms with van der Waals surface area (Å²) < 4.78 is 14.5. The Hall–Kier alpha value is -3.62. The molecule has 4 rings (SSSR count). The second kappa shape index (κ2) is 12.4. The van der Waals surface area contributed by atoms with Crippen molar-refractivity contribution in [3.05, 3.63) is 83.6 Å². The molecule has 1 unspecified atom stereocenters. The Balaban J connectivity index is 1.61. The average molecular weight is 482 g/mol. The third-order valence-electron chi connectivity index (χ3n) is 6.45. The Bertz CT molecular complexity index is 1300. The lowest BCUT2D eigenvalue weighted by Gasteiger charge is -2.16. The molecule has 186 valence electrons. The smallest absolute Gasteiger partial charge is 0.222 e. The molecule has 0 N–H and O–H groups in total. The van der Waals surface area contributed by atoms with Crippen molar-refractivity contribution in [3.63, 3.8) is 0 Å². The molecular weight excluding hydrogens is 446 g/mol. The van der Waals surface area contributed by atoms with Crippen molar-refractivity contribution in [3.8, 4) is 23.1 Å². The molecule has 0 saturated heterocycles. The minimum absolute atomic E-state index is 0.109. The van der Waals surface area contributed by atoms with Crippen molar-refractivity contribution in [1.29, 1.82) is 5.26 Å². The first kappa shape index (κ1) is 25.5. The molecule has 2 aromatic carbocycles. The van der Waals surface area contributed by atoms with Gasteiger partial charge in [-0.1, -0.05) is 63.1 Å². The first-order chi connectivity index (χ1) is 17.6. The molecule has 1 atom stereocenters. The Morgan fingerprint density at radius 2 is 1.72 bits per heavy atom. The summed E-state index contributed by atoms with van der Waals surface area (Å²) in [6.45, 7) is 8.46. The molecule has 0 radical (unpaired) electrons. The summed E-state index contributed by atoms with van der Waals surface area (Å²) in [7, 11) is 0. The van der Waals surface area contributed by atoms with Crippen LogP contribution in [0.5, 0.6) is 5.88 Å². The summed E-state index contributed by atoms with van der Waals surface area (Å²) >= 11 is 0. The van der Waals surface area contributed by atoms with Gasteiger partial charge in [-0.2, -0.15) is 5.26 Å². The molecule has 0 saturated carbocycles. The number of benzene rings is 2. The average Bonchev–Trinajstić information content (AvgIpc) is 3.31. The number of hydrogen-bond acceptors (Lipinski definition) is 4. The topological polar surface area (TPSA) is 60.1 Å². The van der Waals surface area contributed by atoms with Gasteiger partial charge in [0.05, 0.1) is 28.8 Å². The quantitative estimate of drug-likeness (QED) is 0.199. The van der Waals surface area contributed by atoms with E-state index < -0.39 is 0 Å². The van der Waals surface area contributed by atoms with Crippen LogP contribution in [-0.4, -0.2) is 22.3 Å². The maximum atomic E-state index is 9.22. The van der Waals surface area contributed by atoms with Crippen molar-refractivity contribution in [1.82, 2.24) is 9.55 Å². The van der Waals surface area contributed by atoms with Gasteiger partial charge in [0.1, 0.15) is 6.61 Å². The minimum atomic E-state index is 0.109. The largest absolute Gasteiger partial charge is 0.472 e. The normalized spacial score (nSPS) is 11.9. The van der Waals surface area contributed by atoms with Crippen LogP contribution in [0.1, 0.15) is 56.7 Å². The molecule has 0 bridgehead atoms. The van der Waals surface area contributed by atoms with Gasteiger partial charge >= 0.3 is 0 Å². The van der Waals surface area contributed by atoms with E-state index in [0.717, 1.165) is 53.7 Å². The number of unbranched alkanes of at least 4 members (excludes halogenated alkanes) is 2. The van der Waals surface area contributed by atoms with Gasteiger partial charge in [0, 0.05) is 24.9 Å². The molecule has 5 nitrogen and oxygen atoms in total. The molecule has 0 fully saturated rings. The molecular formula is C31H35N3O2. The number of aryl methyl sites for hydroxylation is 1. The third-order valence-corrected chi connectivity index (χ3v) is 6.45. The van der Waals surface area contributed by atoms with Crippen LogP contribution in [0.3, 0.4) is 0 Å². The van der Waals surface area contributed by atoms with Gasteiger partial charge in [-0.15, -0.1) is 0 Å². The van der Waals surface area contributed by atoms with Crippen LogP contribution in [0.15, 0.2) is 66.9 Å². The Morgan fingerprint density at radius 3 is 2.42 bits per heavy atom. The molecule has 0 aliphatic carbocycles. The first-order valence-corrected chi connectivity index (χ1v) is 12.9. The van der Waals surface area contributed by atoms with Crippen LogP contribution in [0.25, 0.3) is 22.2 Å². The monoisotopic (exact) mass is 481 g/mol. The number of pyridine rings is 1. The van der Waals surface area contributed by atoms with Crippen LogP contribution >= 0.6 is 0 Å². The predicted molar refractivity (Wildman–Crippen MR) is 145 cm³/mol. The Kier molecular flexibility index (Phi) is 8.76.